The van der Waals surface area contributed by atoms with Gasteiger partial charge in [-0.05, 0) is 48.7 Å². The van der Waals surface area contributed by atoms with E-state index in [1.54, 1.807) is 18.2 Å². The van der Waals surface area contributed by atoms with Crippen LogP contribution in [-0.4, -0.2) is 12.5 Å². The van der Waals surface area contributed by atoms with Gasteiger partial charge in [0.1, 0.15) is 5.75 Å². The topological polar surface area (TPSA) is 38.3 Å². The Kier molecular flexibility index (Phi) is 5.69. The Morgan fingerprint density at radius 2 is 1.91 bits per heavy atom. The van der Waals surface area contributed by atoms with Crippen molar-refractivity contribution < 1.29 is 9.53 Å². The summed E-state index contributed by atoms with van der Waals surface area (Å²) >= 11 is 11.9. The minimum absolute atomic E-state index is 0.0322. The van der Waals surface area contributed by atoms with Crippen LogP contribution in [0.4, 0.5) is 0 Å². The molecule has 2 aromatic rings. The van der Waals surface area contributed by atoms with Crippen molar-refractivity contribution in [2.75, 3.05) is 6.61 Å². The zero-order valence-corrected chi connectivity index (χ0v) is 14.0. The molecule has 3 nitrogen and oxygen atoms in total. The van der Waals surface area contributed by atoms with E-state index in [0.29, 0.717) is 16.6 Å². The van der Waals surface area contributed by atoms with Crippen molar-refractivity contribution in [3.05, 3.63) is 63.1 Å². The SMILES string of the molecule is Cc1ccc(C)c(OCC(=O)NCc2ccc(Cl)cc2Cl)c1. The molecule has 116 valence electrons. The summed E-state index contributed by atoms with van der Waals surface area (Å²) in [5.41, 5.74) is 2.90. The van der Waals surface area contributed by atoms with Crippen LogP contribution in [0.25, 0.3) is 0 Å². The van der Waals surface area contributed by atoms with Gasteiger partial charge in [-0.25, -0.2) is 0 Å². The zero-order valence-electron chi connectivity index (χ0n) is 12.5. The molecule has 0 unspecified atom stereocenters. The number of carbonyl (C=O) groups is 1. The van der Waals surface area contributed by atoms with Crippen molar-refractivity contribution in [2.45, 2.75) is 20.4 Å². The Labute approximate surface area is 140 Å². The minimum Gasteiger partial charge on any atom is -0.483 e. The smallest absolute Gasteiger partial charge is 0.258 e. The number of nitrogens with one attached hydrogen (secondary N) is 1. The molecule has 1 amide bonds. The molecular weight excluding hydrogens is 321 g/mol. The number of hydrogen-bond acceptors (Lipinski definition) is 2. The van der Waals surface area contributed by atoms with Gasteiger partial charge < -0.3 is 10.1 Å². The molecule has 0 atom stereocenters. The third-order valence-corrected chi connectivity index (χ3v) is 3.78. The molecule has 0 heterocycles. The number of carbonyl (C=O) groups excluding carboxylic acids is 1. The van der Waals surface area contributed by atoms with Crippen LogP contribution in [0.15, 0.2) is 36.4 Å². The molecule has 22 heavy (non-hydrogen) atoms. The van der Waals surface area contributed by atoms with Crippen LogP contribution < -0.4 is 10.1 Å². The van der Waals surface area contributed by atoms with Crippen molar-refractivity contribution >= 4 is 29.1 Å². The molecule has 0 bridgehead atoms. The summed E-state index contributed by atoms with van der Waals surface area (Å²) < 4.78 is 5.55. The van der Waals surface area contributed by atoms with Gasteiger partial charge in [-0.15, -0.1) is 0 Å². The summed E-state index contributed by atoms with van der Waals surface area (Å²) in [6, 6.07) is 11.1. The quantitative estimate of drug-likeness (QED) is 0.882. The van der Waals surface area contributed by atoms with Crippen LogP contribution in [0.1, 0.15) is 16.7 Å². The highest BCUT2D eigenvalue weighted by Crippen LogP contribution is 2.21. The second kappa shape index (κ2) is 7.52. The van der Waals surface area contributed by atoms with E-state index >= 15 is 0 Å². The maximum atomic E-state index is 11.9. The molecule has 1 N–H and O–H groups in total. The Bertz CT molecular complexity index is 686. The molecule has 0 aliphatic heterocycles. The summed E-state index contributed by atoms with van der Waals surface area (Å²) in [4.78, 5) is 11.9. The normalized spacial score (nSPS) is 10.4. The Morgan fingerprint density at radius 1 is 1.14 bits per heavy atom. The van der Waals surface area contributed by atoms with Gasteiger partial charge >= 0.3 is 0 Å². The third kappa shape index (κ3) is 4.65. The molecule has 0 saturated carbocycles. The minimum atomic E-state index is -0.202. The van der Waals surface area contributed by atoms with E-state index in [-0.39, 0.29) is 12.5 Å². The fourth-order valence-corrected chi connectivity index (χ4v) is 2.39. The highest BCUT2D eigenvalue weighted by molar-refractivity contribution is 6.35. The highest BCUT2D eigenvalue weighted by Gasteiger charge is 2.07. The van der Waals surface area contributed by atoms with Crippen LogP contribution in [-0.2, 0) is 11.3 Å². The number of hydrogen-bond donors (Lipinski definition) is 1. The summed E-state index contributed by atoms with van der Waals surface area (Å²) in [7, 11) is 0. The lowest BCUT2D eigenvalue weighted by Gasteiger charge is -2.11. The van der Waals surface area contributed by atoms with Crippen molar-refractivity contribution in [1.29, 1.82) is 0 Å². The molecule has 0 saturated heterocycles. The molecule has 5 heteroatoms. The first-order valence-electron chi connectivity index (χ1n) is 6.86. The lowest BCUT2D eigenvalue weighted by molar-refractivity contribution is -0.123. The van der Waals surface area contributed by atoms with Gasteiger partial charge in [0.25, 0.3) is 5.91 Å². The molecule has 0 aliphatic carbocycles. The number of benzene rings is 2. The van der Waals surface area contributed by atoms with E-state index in [2.05, 4.69) is 5.32 Å². The third-order valence-electron chi connectivity index (χ3n) is 3.19. The van der Waals surface area contributed by atoms with Crippen molar-refractivity contribution in [2.24, 2.45) is 0 Å². The molecule has 0 aromatic heterocycles. The van der Waals surface area contributed by atoms with Gasteiger partial charge in [-0.2, -0.15) is 0 Å². The molecule has 2 aromatic carbocycles. The Morgan fingerprint density at radius 3 is 2.64 bits per heavy atom. The number of rotatable bonds is 5. The summed E-state index contributed by atoms with van der Waals surface area (Å²) in [5.74, 6) is 0.520. The largest absolute Gasteiger partial charge is 0.483 e. The first-order valence-corrected chi connectivity index (χ1v) is 7.62. The van der Waals surface area contributed by atoms with Crippen molar-refractivity contribution in [3.63, 3.8) is 0 Å². The van der Waals surface area contributed by atoms with Crippen LogP contribution in [0.2, 0.25) is 10.0 Å². The number of ether oxygens (including phenoxy) is 1. The molecule has 0 spiro atoms. The number of aryl methyl sites for hydroxylation is 2. The predicted octanol–water partition coefficient (Wildman–Crippen LogP) is 4.31. The molecular formula is C17H17Cl2NO2. The van der Waals surface area contributed by atoms with E-state index in [4.69, 9.17) is 27.9 Å². The average Bonchev–Trinajstić information content (AvgIpc) is 2.47. The maximum absolute atomic E-state index is 11.9. The average molecular weight is 338 g/mol. The summed E-state index contributed by atoms with van der Waals surface area (Å²) in [5, 5.41) is 3.87. The molecule has 0 aliphatic rings. The van der Waals surface area contributed by atoms with Gasteiger partial charge in [0.2, 0.25) is 0 Å². The fourth-order valence-electron chi connectivity index (χ4n) is 1.92. The first-order chi connectivity index (χ1) is 10.5. The van der Waals surface area contributed by atoms with E-state index in [1.807, 2.05) is 32.0 Å². The zero-order chi connectivity index (χ0) is 16.1. The number of amides is 1. The van der Waals surface area contributed by atoms with E-state index in [0.717, 1.165) is 22.4 Å². The second-order valence-corrected chi connectivity index (χ2v) is 5.91. The van der Waals surface area contributed by atoms with Gasteiger partial charge in [0.15, 0.2) is 6.61 Å². The maximum Gasteiger partial charge on any atom is 0.258 e. The lowest BCUT2D eigenvalue weighted by Crippen LogP contribution is -2.28. The standard InChI is InChI=1S/C17H17Cl2NO2/c1-11-3-4-12(2)16(7-11)22-10-17(21)20-9-13-5-6-14(18)8-15(13)19/h3-8H,9-10H2,1-2H3,(H,20,21). The van der Waals surface area contributed by atoms with Gasteiger partial charge in [-0.1, -0.05) is 41.4 Å². The lowest BCUT2D eigenvalue weighted by atomic mass is 10.1. The first kappa shape index (κ1) is 16.7. The van der Waals surface area contributed by atoms with Crippen LogP contribution in [0.5, 0.6) is 5.75 Å². The van der Waals surface area contributed by atoms with Crippen molar-refractivity contribution in [3.8, 4) is 5.75 Å². The van der Waals surface area contributed by atoms with Crippen LogP contribution in [0.3, 0.4) is 0 Å². The fraction of sp³-hybridized carbons (Fsp3) is 0.235. The van der Waals surface area contributed by atoms with Crippen LogP contribution in [0, 0.1) is 13.8 Å². The molecule has 0 radical (unpaired) electrons. The van der Waals surface area contributed by atoms with Crippen LogP contribution >= 0.6 is 23.2 Å². The second-order valence-electron chi connectivity index (χ2n) is 5.07. The highest BCUT2D eigenvalue weighted by atomic mass is 35.5. The Hall–Kier alpha value is -1.71. The predicted molar refractivity (Wildman–Crippen MR) is 89.7 cm³/mol. The number of halogens is 2. The van der Waals surface area contributed by atoms with Gasteiger partial charge in [0.05, 0.1) is 0 Å². The monoisotopic (exact) mass is 337 g/mol. The molecule has 2 rings (SSSR count). The summed E-state index contributed by atoms with van der Waals surface area (Å²) in [6.07, 6.45) is 0. The van der Waals surface area contributed by atoms with Crippen molar-refractivity contribution in [1.82, 2.24) is 5.32 Å². The Balaban J connectivity index is 1.87. The van der Waals surface area contributed by atoms with E-state index in [1.165, 1.54) is 0 Å². The summed E-state index contributed by atoms with van der Waals surface area (Å²) in [6.45, 7) is 4.23. The molecule has 0 fully saturated rings. The van der Waals surface area contributed by atoms with Gasteiger partial charge in [-0.3, -0.25) is 4.79 Å². The van der Waals surface area contributed by atoms with E-state index < -0.39 is 0 Å². The van der Waals surface area contributed by atoms with Gasteiger partial charge in [0, 0.05) is 16.6 Å². The van der Waals surface area contributed by atoms with E-state index in [9.17, 15) is 4.79 Å².